The Hall–Kier alpha value is -1.19. The fourth-order valence-electron chi connectivity index (χ4n) is 2.60. The molecule has 1 nitrogen and oxygen atoms in total. The van der Waals surface area contributed by atoms with Gasteiger partial charge in [0.1, 0.15) is 11.9 Å². The van der Waals surface area contributed by atoms with E-state index in [2.05, 4.69) is 28.1 Å². The van der Waals surface area contributed by atoms with Crippen molar-refractivity contribution in [1.82, 2.24) is 0 Å². The van der Waals surface area contributed by atoms with Crippen molar-refractivity contribution >= 4 is 15.9 Å². The van der Waals surface area contributed by atoms with E-state index in [0.717, 1.165) is 10.0 Å². The quantitative estimate of drug-likeness (QED) is 0.843. The van der Waals surface area contributed by atoms with Crippen LogP contribution < -0.4 is 0 Å². The molecule has 20 heavy (non-hydrogen) atoms. The van der Waals surface area contributed by atoms with E-state index in [1.165, 1.54) is 37.0 Å². The number of hydrogen-bond donors (Lipinski definition) is 1. The summed E-state index contributed by atoms with van der Waals surface area (Å²) in [6.45, 7) is 0. The van der Waals surface area contributed by atoms with Crippen LogP contribution in [0.25, 0.3) is 0 Å². The highest BCUT2D eigenvalue weighted by Gasteiger charge is 2.20. The molecule has 0 amide bonds. The van der Waals surface area contributed by atoms with Gasteiger partial charge in [-0.05, 0) is 48.1 Å². The van der Waals surface area contributed by atoms with E-state index in [0.29, 0.717) is 11.5 Å². The number of aliphatic hydroxyl groups excluding tert-OH is 1. The lowest BCUT2D eigenvalue weighted by atomic mass is 9.80. The molecule has 0 saturated heterocycles. The maximum Gasteiger partial charge on any atom is 0.123 e. The number of halogens is 2. The Kier molecular flexibility index (Phi) is 3.90. The third-order valence-corrected chi connectivity index (χ3v) is 4.80. The minimum absolute atomic E-state index is 0.340. The van der Waals surface area contributed by atoms with Gasteiger partial charge >= 0.3 is 0 Å². The van der Waals surface area contributed by atoms with E-state index in [1.807, 2.05) is 12.1 Å². The van der Waals surface area contributed by atoms with Crippen molar-refractivity contribution in [2.24, 2.45) is 0 Å². The molecule has 1 aliphatic carbocycles. The Morgan fingerprint density at radius 2 is 1.80 bits per heavy atom. The molecule has 3 heteroatoms. The molecule has 104 valence electrons. The van der Waals surface area contributed by atoms with Gasteiger partial charge in [-0.2, -0.15) is 0 Å². The third kappa shape index (κ3) is 2.65. The average Bonchev–Trinajstić information content (AvgIpc) is 2.40. The van der Waals surface area contributed by atoms with Gasteiger partial charge in [0.05, 0.1) is 0 Å². The maximum absolute atomic E-state index is 13.3. The minimum atomic E-state index is -0.810. The van der Waals surface area contributed by atoms with Crippen LogP contribution in [0, 0.1) is 5.82 Å². The second kappa shape index (κ2) is 5.66. The standard InChI is InChI=1S/C17H16BrFO/c18-16-9-8-14(19)10-15(16)17(20)13-6-4-12(5-7-13)11-2-1-3-11/h4-11,17,20H,1-3H2. The molecule has 0 radical (unpaired) electrons. The van der Waals surface area contributed by atoms with Gasteiger partial charge in [-0.1, -0.05) is 46.6 Å². The largest absolute Gasteiger partial charge is 0.384 e. The van der Waals surface area contributed by atoms with E-state index in [9.17, 15) is 9.50 Å². The van der Waals surface area contributed by atoms with E-state index in [1.54, 1.807) is 6.07 Å². The molecule has 1 unspecified atom stereocenters. The summed E-state index contributed by atoms with van der Waals surface area (Å²) in [5.74, 6) is 0.343. The van der Waals surface area contributed by atoms with Crippen LogP contribution in [0.2, 0.25) is 0 Å². The van der Waals surface area contributed by atoms with Crippen LogP contribution in [-0.4, -0.2) is 5.11 Å². The van der Waals surface area contributed by atoms with Gasteiger partial charge in [0.2, 0.25) is 0 Å². The molecule has 0 aliphatic heterocycles. The lowest BCUT2D eigenvalue weighted by Crippen LogP contribution is -2.09. The van der Waals surface area contributed by atoms with Crippen molar-refractivity contribution < 1.29 is 9.50 Å². The summed E-state index contributed by atoms with van der Waals surface area (Å²) in [5, 5.41) is 10.4. The Labute approximate surface area is 126 Å². The summed E-state index contributed by atoms with van der Waals surface area (Å²) in [6.07, 6.45) is 3.02. The SMILES string of the molecule is OC(c1ccc(C2CCC2)cc1)c1cc(F)ccc1Br. The predicted molar refractivity (Wildman–Crippen MR) is 81.2 cm³/mol. The first-order valence-electron chi connectivity index (χ1n) is 6.88. The van der Waals surface area contributed by atoms with Crippen molar-refractivity contribution in [2.75, 3.05) is 0 Å². The molecule has 0 heterocycles. The summed E-state index contributed by atoms with van der Waals surface area (Å²) in [5.41, 5.74) is 2.69. The highest BCUT2D eigenvalue weighted by Crippen LogP contribution is 2.37. The van der Waals surface area contributed by atoms with Gasteiger partial charge in [0, 0.05) is 10.0 Å². The molecule has 1 atom stereocenters. The molecule has 0 bridgehead atoms. The second-order valence-corrected chi connectivity index (χ2v) is 6.22. The lowest BCUT2D eigenvalue weighted by molar-refractivity contribution is 0.219. The highest BCUT2D eigenvalue weighted by atomic mass is 79.9. The summed E-state index contributed by atoms with van der Waals surface area (Å²) in [6, 6.07) is 12.4. The van der Waals surface area contributed by atoms with E-state index < -0.39 is 6.10 Å². The molecule has 3 rings (SSSR count). The number of aliphatic hydroxyl groups is 1. The number of hydrogen-bond acceptors (Lipinski definition) is 1. The zero-order valence-corrected chi connectivity index (χ0v) is 12.6. The first kappa shape index (κ1) is 13.8. The van der Waals surface area contributed by atoms with Crippen LogP contribution in [0.15, 0.2) is 46.9 Å². The van der Waals surface area contributed by atoms with Crippen molar-refractivity contribution in [1.29, 1.82) is 0 Å². The summed E-state index contributed by atoms with van der Waals surface area (Å²) in [7, 11) is 0. The molecule has 2 aromatic rings. The Morgan fingerprint density at radius 3 is 2.40 bits per heavy atom. The zero-order valence-electron chi connectivity index (χ0n) is 11.0. The van der Waals surface area contributed by atoms with E-state index in [4.69, 9.17) is 0 Å². The number of rotatable bonds is 3. The summed E-state index contributed by atoms with van der Waals surface area (Å²) >= 11 is 3.36. The molecule has 2 aromatic carbocycles. The summed E-state index contributed by atoms with van der Waals surface area (Å²) in [4.78, 5) is 0. The lowest BCUT2D eigenvalue weighted by Gasteiger charge is -2.26. The molecule has 1 N–H and O–H groups in total. The van der Waals surface area contributed by atoms with Crippen LogP contribution in [0.4, 0.5) is 4.39 Å². The topological polar surface area (TPSA) is 20.2 Å². The fourth-order valence-corrected chi connectivity index (χ4v) is 3.06. The molecule has 1 aliphatic rings. The monoisotopic (exact) mass is 334 g/mol. The third-order valence-electron chi connectivity index (χ3n) is 4.08. The van der Waals surface area contributed by atoms with Gasteiger partial charge in [-0.15, -0.1) is 0 Å². The van der Waals surface area contributed by atoms with Crippen LogP contribution in [0.5, 0.6) is 0 Å². The number of benzene rings is 2. The van der Waals surface area contributed by atoms with Gasteiger partial charge < -0.3 is 5.11 Å². The molecular formula is C17H16BrFO. The molecule has 0 aromatic heterocycles. The van der Waals surface area contributed by atoms with Gasteiger partial charge in [-0.25, -0.2) is 4.39 Å². The van der Waals surface area contributed by atoms with Crippen molar-refractivity contribution in [3.8, 4) is 0 Å². The van der Waals surface area contributed by atoms with Crippen molar-refractivity contribution in [3.05, 3.63) is 69.4 Å². The highest BCUT2D eigenvalue weighted by molar-refractivity contribution is 9.10. The first-order valence-corrected chi connectivity index (χ1v) is 7.67. The summed E-state index contributed by atoms with van der Waals surface area (Å²) < 4.78 is 14.0. The molecule has 1 saturated carbocycles. The first-order chi connectivity index (χ1) is 9.65. The normalized spacial score (nSPS) is 16.8. The van der Waals surface area contributed by atoms with Crippen LogP contribution in [-0.2, 0) is 0 Å². The molecule has 1 fully saturated rings. The average molecular weight is 335 g/mol. The van der Waals surface area contributed by atoms with Crippen molar-refractivity contribution in [2.45, 2.75) is 31.3 Å². The predicted octanol–water partition coefficient (Wildman–Crippen LogP) is 4.94. The Bertz CT molecular complexity index is 605. The van der Waals surface area contributed by atoms with Crippen LogP contribution in [0.1, 0.15) is 48.0 Å². The van der Waals surface area contributed by atoms with Gasteiger partial charge in [0.15, 0.2) is 0 Å². The zero-order chi connectivity index (χ0) is 14.1. The van der Waals surface area contributed by atoms with Gasteiger partial charge in [0.25, 0.3) is 0 Å². The Morgan fingerprint density at radius 1 is 1.10 bits per heavy atom. The molecular weight excluding hydrogens is 319 g/mol. The fraction of sp³-hybridized carbons (Fsp3) is 0.294. The van der Waals surface area contributed by atoms with E-state index in [-0.39, 0.29) is 5.82 Å². The van der Waals surface area contributed by atoms with Crippen molar-refractivity contribution in [3.63, 3.8) is 0 Å². The maximum atomic E-state index is 13.3. The minimum Gasteiger partial charge on any atom is -0.384 e. The smallest absolute Gasteiger partial charge is 0.123 e. The molecule has 0 spiro atoms. The van der Waals surface area contributed by atoms with Crippen LogP contribution >= 0.6 is 15.9 Å². The van der Waals surface area contributed by atoms with Crippen LogP contribution in [0.3, 0.4) is 0 Å². The van der Waals surface area contributed by atoms with Gasteiger partial charge in [-0.3, -0.25) is 0 Å². The Balaban J connectivity index is 1.85. The second-order valence-electron chi connectivity index (χ2n) is 5.36. The van der Waals surface area contributed by atoms with E-state index >= 15 is 0 Å².